The number of fused-ring (bicyclic) bond motifs is 7. The van der Waals surface area contributed by atoms with Gasteiger partial charge in [0.2, 0.25) is 0 Å². The average Bonchev–Trinajstić information content (AvgIpc) is 3.60. The summed E-state index contributed by atoms with van der Waals surface area (Å²) in [6.45, 7) is 0. The topological polar surface area (TPSA) is 43.9 Å². The summed E-state index contributed by atoms with van der Waals surface area (Å²) in [5, 5.41) is 5.58. The number of benzene rings is 6. The van der Waals surface area contributed by atoms with E-state index in [1.54, 1.807) is 0 Å². The van der Waals surface area contributed by atoms with E-state index in [0.29, 0.717) is 5.82 Å². The Morgan fingerprint density at radius 3 is 2.12 bits per heavy atom. The van der Waals surface area contributed by atoms with Crippen molar-refractivity contribution in [2.24, 2.45) is 0 Å². The molecule has 4 heteroatoms. The standard InChI is InChI=1S/C38H23N3O/c1-2-11-25(12-3-1)41-33-19-8-5-13-26(33)31-23-24(21-22-34(31)41)36-29-15-4-7-18-32(29)39-38(40-36)30-17-10-16-28-27-14-6-9-20-35(27)42-37(28)30/h1-23H. The molecule has 3 heterocycles. The molecule has 0 saturated heterocycles. The summed E-state index contributed by atoms with van der Waals surface area (Å²) in [5.41, 5.74) is 8.90. The molecule has 0 aliphatic carbocycles. The van der Waals surface area contributed by atoms with Gasteiger partial charge in [-0.05, 0) is 48.5 Å². The summed E-state index contributed by atoms with van der Waals surface area (Å²) in [4.78, 5) is 10.3. The molecule has 9 rings (SSSR count). The number of nitrogens with zero attached hydrogens (tertiary/aromatic N) is 3. The van der Waals surface area contributed by atoms with Gasteiger partial charge in [0.1, 0.15) is 11.2 Å². The molecule has 0 unspecified atom stereocenters. The van der Waals surface area contributed by atoms with Gasteiger partial charge in [-0.3, -0.25) is 0 Å². The zero-order valence-electron chi connectivity index (χ0n) is 22.5. The molecule has 0 radical (unpaired) electrons. The largest absolute Gasteiger partial charge is 0.455 e. The lowest BCUT2D eigenvalue weighted by Crippen LogP contribution is -1.96. The van der Waals surface area contributed by atoms with Crippen molar-refractivity contribution in [3.63, 3.8) is 0 Å². The van der Waals surface area contributed by atoms with Crippen molar-refractivity contribution in [2.75, 3.05) is 0 Å². The quantitative estimate of drug-likeness (QED) is 0.225. The second-order valence-electron chi connectivity index (χ2n) is 10.6. The van der Waals surface area contributed by atoms with Gasteiger partial charge in [0.15, 0.2) is 5.82 Å². The van der Waals surface area contributed by atoms with Crippen LogP contribution in [0.1, 0.15) is 0 Å². The van der Waals surface area contributed by atoms with Crippen molar-refractivity contribution >= 4 is 54.6 Å². The molecule has 3 aromatic heterocycles. The third-order valence-electron chi connectivity index (χ3n) is 8.21. The number of hydrogen-bond donors (Lipinski definition) is 0. The van der Waals surface area contributed by atoms with Crippen LogP contribution in [0.2, 0.25) is 0 Å². The van der Waals surface area contributed by atoms with Gasteiger partial charge in [0.05, 0.1) is 27.8 Å². The minimum atomic E-state index is 0.653. The lowest BCUT2D eigenvalue weighted by Gasteiger charge is -2.11. The maximum atomic E-state index is 6.36. The first-order valence-electron chi connectivity index (χ1n) is 14.1. The Labute approximate surface area is 241 Å². The first-order valence-corrected chi connectivity index (χ1v) is 14.1. The summed E-state index contributed by atoms with van der Waals surface area (Å²) in [5.74, 6) is 0.653. The van der Waals surface area contributed by atoms with E-state index in [1.807, 2.05) is 24.3 Å². The van der Waals surface area contributed by atoms with Crippen LogP contribution in [0.4, 0.5) is 0 Å². The van der Waals surface area contributed by atoms with Crippen LogP contribution >= 0.6 is 0 Å². The van der Waals surface area contributed by atoms with E-state index in [1.165, 1.54) is 16.3 Å². The molecule has 9 aromatic rings. The molecule has 0 fully saturated rings. The monoisotopic (exact) mass is 537 g/mol. The number of aromatic nitrogens is 3. The van der Waals surface area contributed by atoms with Crippen LogP contribution < -0.4 is 0 Å². The highest BCUT2D eigenvalue weighted by Gasteiger charge is 2.18. The number of furan rings is 1. The molecule has 6 aromatic carbocycles. The predicted octanol–water partition coefficient (Wildman–Crippen LogP) is 9.96. The van der Waals surface area contributed by atoms with Crippen molar-refractivity contribution in [2.45, 2.75) is 0 Å². The Kier molecular flexibility index (Phi) is 4.87. The number of hydrogen-bond acceptors (Lipinski definition) is 3. The van der Waals surface area contributed by atoms with Crippen molar-refractivity contribution in [3.05, 3.63) is 140 Å². The SMILES string of the molecule is c1ccc(-n2c3ccccc3c3cc(-c4nc(-c5cccc6c5oc5ccccc56)nc5ccccc45)ccc32)cc1. The van der Waals surface area contributed by atoms with Gasteiger partial charge in [-0.1, -0.05) is 91.0 Å². The van der Waals surface area contributed by atoms with Crippen LogP contribution in [0, 0.1) is 0 Å². The minimum Gasteiger partial charge on any atom is -0.455 e. The Balaban J connectivity index is 1.31. The van der Waals surface area contributed by atoms with Crippen molar-refractivity contribution in [3.8, 4) is 28.3 Å². The Morgan fingerprint density at radius 1 is 0.500 bits per heavy atom. The summed E-state index contributed by atoms with van der Waals surface area (Å²) in [6, 6.07) is 48.4. The zero-order valence-corrected chi connectivity index (χ0v) is 22.5. The molecule has 0 spiro atoms. The van der Waals surface area contributed by atoms with E-state index >= 15 is 0 Å². The lowest BCUT2D eigenvalue weighted by atomic mass is 10.0. The first kappa shape index (κ1) is 23.0. The molecule has 0 aliphatic heterocycles. The summed E-state index contributed by atoms with van der Waals surface area (Å²) in [7, 11) is 0. The molecule has 0 saturated carbocycles. The summed E-state index contributed by atoms with van der Waals surface area (Å²) < 4.78 is 8.70. The zero-order chi connectivity index (χ0) is 27.6. The molecule has 0 atom stereocenters. The first-order chi connectivity index (χ1) is 20.8. The summed E-state index contributed by atoms with van der Waals surface area (Å²) in [6.07, 6.45) is 0. The predicted molar refractivity (Wildman–Crippen MR) is 172 cm³/mol. The van der Waals surface area contributed by atoms with Gasteiger partial charge in [-0.15, -0.1) is 0 Å². The van der Waals surface area contributed by atoms with Crippen molar-refractivity contribution in [1.82, 2.24) is 14.5 Å². The fourth-order valence-corrected chi connectivity index (χ4v) is 6.32. The molecule has 0 amide bonds. The van der Waals surface area contributed by atoms with E-state index in [4.69, 9.17) is 14.4 Å². The lowest BCUT2D eigenvalue weighted by molar-refractivity contribution is 0.669. The van der Waals surface area contributed by atoms with E-state index in [-0.39, 0.29) is 0 Å². The third kappa shape index (κ3) is 3.36. The molecule has 196 valence electrons. The van der Waals surface area contributed by atoms with E-state index in [9.17, 15) is 0 Å². The van der Waals surface area contributed by atoms with Gasteiger partial charge in [0.25, 0.3) is 0 Å². The average molecular weight is 538 g/mol. The van der Waals surface area contributed by atoms with E-state index in [0.717, 1.165) is 60.9 Å². The maximum absolute atomic E-state index is 6.36. The van der Waals surface area contributed by atoms with Crippen LogP contribution in [0.5, 0.6) is 0 Å². The highest BCUT2D eigenvalue weighted by Crippen LogP contribution is 2.38. The van der Waals surface area contributed by atoms with Crippen LogP contribution in [-0.4, -0.2) is 14.5 Å². The third-order valence-corrected chi connectivity index (χ3v) is 8.21. The van der Waals surface area contributed by atoms with Gasteiger partial charge < -0.3 is 8.98 Å². The summed E-state index contributed by atoms with van der Waals surface area (Å²) >= 11 is 0. The van der Waals surface area contributed by atoms with Gasteiger partial charge in [-0.2, -0.15) is 0 Å². The fraction of sp³-hybridized carbons (Fsp3) is 0. The molecule has 42 heavy (non-hydrogen) atoms. The number of rotatable bonds is 3. The second-order valence-corrected chi connectivity index (χ2v) is 10.6. The smallest absolute Gasteiger partial charge is 0.164 e. The van der Waals surface area contributed by atoms with Gasteiger partial charge >= 0.3 is 0 Å². The number of para-hydroxylation sites is 5. The molecule has 4 nitrogen and oxygen atoms in total. The highest BCUT2D eigenvalue weighted by atomic mass is 16.3. The van der Waals surface area contributed by atoms with Gasteiger partial charge in [-0.25, -0.2) is 9.97 Å². The normalized spacial score (nSPS) is 11.8. The molecule has 0 N–H and O–H groups in total. The molecular weight excluding hydrogens is 514 g/mol. The highest BCUT2D eigenvalue weighted by molar-refractivity contribution is 6.12. The van der Waals surface area contributed by atoms with E-state index < -0.39 is 0 Å². The fourth-order valence-electron chi connectivity index (χ4n) is 6.32. The Hall–Kier alpha value is -5.74. The maximum Gasteiger partial charge on any atom is 0.164 e. The molecule has 0 aliphatic rings. The van der Waals surface area contributed by atoms with Crippen molar-refractivity contribution in [1.29, 1.82) is 0 Å². The van der Waals surface area contributed by atoms with Crippen LogP contribution in [0.15, 0.2) is 144 Å². The van der Waals surface area contributed by atoms with Crippen LogP contribution in [-0.2, 0) is 0 Å². The van der Waals surface area contributed by atoms with Crippen LogP contribution in [0.25, 0.3) is 83.0 Å². The van der Waals surface area contributed by atoms with Gasteiger partial charge in [0, 0.05) is 38.2 Å². The molecular formula is C38H23N3O. The van der Waals surface area contributed by atoms with Crippen LogP contribution in [0.3, 0.4) is 0 Å². The second kappa shape index (κ2) is 8.88. The van der Waals surface area contributed by atoms with Crippen molar-refractivity contribution < 1.29 is 4.42 Å². The minimum absolute atomic E-state index is 0.653. The van der Waals surface area contributed by atoms with E-state index in [2.05, 4.69) is 120 Å². The molecule has 0 bridgehead atoms. The Morgan fingerprint density at radius 2 is 1.21 bits per heavy atom. The Bertz CT molecular complexity index is 2470.